The van der Waals surface area contributed by atoms with Gasteiger partial charge in [0.15, 0.2) is 5.69 Å². The van der Waals surface area contributed by atoms with E-state index in [0.29, 0.717) is 23.7 Å². The van der Waals surface area contributed by atoms with E-state index in [0.717, 1.165) is 17.0 Å². The Kier molecular flexibility index (Phi) is 5.84. The molecule has 0 aliphatic rings. The molecule has 1 amide bonds. The average molecular weight is 378 g/mol. The Bertz CT molecular complexity index is 1080. The van der Waals surface area contributed by atoms with E-state index in [1.165, 1.54) is 4.68 Å². The summed E-state index contributed by atoms with van der Waals surface area (Å²) >= 11 is 0. The number of nitrogens with one attached hydrogen (secondary N) is 1. The molecule has 1 heterocycles. The molecule has 0 aliphatic carbocycles. The zero-order valence-electron chi connectivity index (χ0n) is 16.1. The smallest absolute Gasteiger partial charge is 0.292 e. The lowest BCUT2D eigenvalue weighted by Gasteiger charge is -2.09. The number of aryl methyl sites for hydroxylation is 1. The first-order valence-corrected chi connectivity index (χ1v) is 8.99. The minimum Gasteiger partial charge on any atom is -0.497 e. The standard InChI is InChI=1S/C21H22N4O3/c1-4-25-21(27)18-8-6-5-7-17(18)19(24-25)20(26)23-22-14(2)13-15-9-11-16(28-3)12-10-15/h5-12H,4,13H2,1-3H3,(H,23,26)/b22-14-. The van der Waals surface area contributed by atoms with Crippen LogP contribution in [0.5, 0.6) is 5.75 Å². The molecule has 0 saturated carbocycles. The molecule has 0 fully saturated rings. The molecule has 0 spiro atoms. The molecule has 0 bridgehead atoms. The van der Waals surface area contributed by atoms with Crippen LogP contribution in [0.2, 0.25) is 0 Å². The number of hydrazone groups is 1. The maximum absolute atomic E-state index is 12.7. The minimum absolute atomic E-state index is 0.179. The van der Waals surface area contributed by atoms with E-state index in [-0.39, 0.29) is 11.3 Å². The molecule has 7 heteroatoms. The van der Waals surface area contributed by atoms with E-state index in [2.05, 4.69) is 15.6 Å². The van der Waals surface area contributed by atoms with Gasteiger partial charge in [0.1, 0.15) is 5.75 Å². The van der Waals surface area contributed by atoms with Crippen LogP contribution in [-0.4, -0.2) is 28.5 Å². The third kappa shape index (κ3) is 4.09. The van der Waals surface area contributed by atoms with Crippen LogP contribution in [0.3, 0.4) is 0 Å². The number of nitrogens with zero attached hydrogens (tertiary/aromatic N) is 3. The molecular formula is C21H22N4O3. The summed E-state index contributed by atoms with van der Waals surface area (Å²) in [4.78, 5) is 25.0. The molecule has 0 unspecified atom stereocenters. The molecule has 0 atom stereocenters. The molecule has 2 aromatic carbocycles. The molecule has 3 rings (SSSR count). The second-order valence-electron chi connectivity index (χ2n) is 6.33. The van der Waals surface area contributed by atoms with Crippen LogP contribution in [0.1, 0.15) is 29.9 Å². The summed E-state index contributed by atoms with van der Waals surface area (Å²) in [5.74, 6) is 0.336. The number of rotatable bonds is 6. The predicted molar refractivity (Wildman–Crippen MR) is 109 cm³/mol. The summed E-state index contributed by atoms with van der Waals surface area (Å²) < 4.78 is 6.43. The summed E-state index contributed by atoms with van der Waals surface area (Å²) in [5, 5.41) is 9.36. The van der Waals surface area contributed by atoms with Gasteiger partial charge in [0.25, 0.3) is 11.5 Å². The minimum atomic E-state index is -0.451. The van der Waals surface area contributed by atoms with Crippen LogP contribution in [-0.2, 0) is 13.0 Å². The predicted octanol–water partition coefficient (Wildman–Crippen LogP) is 2.77. The zero-order chi connectivity index (χ0) is 20.1. The highest BCUT2D eigenvalue weighted by molar-refractivity contribution is 6.05. The van der Waals surface area contributed by atoms with Crippen LogP contribution in [0.15, 0.2) is 58.4 Å². The monoisotopic (exact) mass is 378 g/mol. The fourth-order valence-electron chi connectivity index (χ4n) is 2.89. The van der Waals surface area contributed by atoms with E-state index in [9.17, 15) is 9.59 Å². The van der Waals surface area contributed by atoms with Crippen molar-refractivity contribution < 1.29 is 9.53 Å². The maximum atomic E-state index is 12.7. The molecule has 0 aliphatic heterocycles. The van der Waals surface area contributed by atoms with E-state index in [4.69, 9.17) is 4.74 Å². The van der Waals surface area contributed by atoms with Gasteiger partial charge in [-0.25, -0.2) is 10.1 Å². The van der Waals surface area contributed by atoms with Gasteiger partial charge in [0.2, 0.25) is 0 Å². The molecular weight excluding hydrogens is 356 g/mol. The molecule has 7 nitrogen and oxygen atoms in total. The fraction of sp³-hybridized carbons (Fsp3) is 0.238. The lowest BCUT2D eigenvalue weighted by molar-refractivity contribution is 0.0949. The number of methoxy groups -OCH3 is 1. The molecule has 0 radical (unpaired) electrons. The van der Waals surface area contributed by atoms with Gasteiger partial charge in [-0.15, -0.1) is 0 Å². The van der Waals surface area contributed by atoms with Gasteiger partial charge < -0.3 is 4.74 Å². The Balaban J connectivity index is 1.81. The van der Waals surface area contributed by atoms with Crippen molar-refractivity contribution in [1.29, 1.82) is 0 Å². The molecule has 0 saturated heterocycles. The maximum Gasteiger partial charge on any atom is 0.292 e. The van der Waals surface area contributed by atoms with Crippen molar-refractivity contribution in [3.05, 3.63) is 70.1 Å². The van der Waals surface area contributed by atoms with Gasteiger partial charge in [-0.05, 0) is 37.6 Å². The molecule has 1 N–H and O–H groups in total. The fourth-order valence-corrected chi connectivity index (χ4v) is 2.89. The Hall–Kier alpha value is -3.48. The van der Waals surface area contributed by atoms with Gasteiger partial charge in [0, 0.05) is 24.1 Å². The summed E-state index contributed by atoms with van der Waals surface area (Å²) in [6.07, 6.45) is 0.590. The first kappa shape index (κ1) is 19.3. The second kappa shape index (κ2) is 8.47. The summed E-state index contributed by atoms with van der Waals surface area (Å²) in [7, 11) is 1.62. The summed E-state index contributed by atoms with van der Waals surface area (Å²) in [5.41, 5.74) is 4.31. The van der Waals surface area contributed by atoms with E-state index in [1.807, 2.05) is 38.1 Å². The normalized spacial score (nSPS) is 11.5. The zero-order valence-corrected chi connectivity index (χ0v) is 16.1. The summed E-state index contributed by atoms with van der Waals surface area (Å²) in [6.45, 7) is 4.02. The highest BCUT2D eigenvalue weighted by atomic mass is 16.5. The molecule has 3 aromatic rings. The number of aromatic nitrogens is 2. The van der Waals surface area contributed by atoms with Crippen LogP contribution in [0.25, 0.3) is 10.8 Å². The molecule has 144 valence electrons. The number of amides is 1. The Morgan fingerprint density at radius 3 is 2.46 bits per heavy atom. The van der Waals surface area contributed by atoms with Crippen molar-refractivity contribution in [2.45, 2.75) is 26.8 Å². The van der Waals surface area contributed by atoms with Crippen molar-refractivity contribution in [2.75, 3.05) is 7.11 Å². The number of carbonyl (C=O) groups excluding carboxylic acids is 1. The highest BCUT2D eigenvalue weighted by Crippen LogP contribution is 2.14. The average Bonchev–Trinajstić information content (AvgIpc) is 2.73. The van der Waals surface area contributed by atoms with Gasteiger partial charge in [-0.3, -0.25) is 9.59 Å². The SMILES string of the molecule is CCn1nc(C(=O)N/N=C(/C)Cc2ccc(OC)cc2)c2ccccc2c1=O. The van der Waals surface area contributed by atoms with Crippen molar-refractivity contribution >= 4 is 22.4 Å². The number of benzene rings is 2. The van der Waals surface area contributed by atoms with E-state index < -0.39 is 5.91 Å². The van der Waals surface area contributed by atoms with Crippen molar-refractivity contribution in [3.63, 3.8) is 0 Å². The topological polar surface area (TPSA) is 85.6 Å². The van der Waals surface area contributed by atoms with Crippen LogP contribution in [0, 0.1) is 0 Å². The van der Waals surface area contributed by atoms with Gasteiger partial charge >= 0.3 is 0 Å². The van der Waals surface area contributed by atoms with Crippen LogP contribution >= 0.6 is 0 Å². The molecule has 28 heavy (non-hydrogen) atoms. The van der Waals surface area contributed by atoms with Crippen molar-refractivity contribution in [3.8, 4) is 5.75 Å². The lowest BCUT2D eigenvalue weighted by Crippen LogP contribution is -2.29. The summed E-state index contributed by atoms with van der Waals surface area (Å²) in [6, 6.07) is 14.6. The number of ether oxygens (including phenoxy) is 1. The van der Waals surface area contributed by atoms with Crippen LogP contribution in [0.4, 0.5) is 0 Å². The first-order valence-electron chi connectivity index (χ1n) is 8.99. The third-order valence-electron chi connectivity index (χ3n) is 4.35. The van der Waals surface area contributed by atoms with Crippen molar-refractivity contribution in [1.82, 2.24) is 15.2 Å². The second-order valence-corrected chi connectivity index (χ2v) is 6.33. The Morgan fingerprint density at radius 2 is 1.82 bits per heavy atom. The van der Waals surface area contributed by atoms with Gasteiger partial charge in [-0.2, -0.15) is 10.2 Å². The van der Waals surface area contributed by atoms with E-state index >= 15 is 0 Å². The van der Waals surface area contributed by atoms with Gasteiger partial charge in [-0.1, -0.05) is 30.3 Å². The first-order chi connectivity index (χ1) is 13.5. The van der Waals surface area contributed by atoms with Gasteiger partial charge in [0.05, 0.1) is 12.5 Å². The third-order valence-corrected chi connectivity index (χ3v) is 4.35. The number of hydrogen-bond donors (Lipinski definition) is 1. The van der Waals surface area contributed by atoms with Crippen LogP contribution < -0.4 is 15.7 Å². The van der Waals surface area contributed by atoms with E-state index in [1.54, 1.807) is 31.4 Å². The number of carbonyl (C=O) groups is 1. The quantitative estimate of drug-likeness (QED) is 0.528. The largest absolute Gasteiger partial charge is 0.497 e. The number of hydrogen-bond acceptors (Lipinski definition) is 5. The number of fused-ring (bicyclic) bond motifs is 1. The Labute approximate surface area is 162 Å². The lowest BCUT2D eigenvalue weighted by atomic mass is 10.1. The Morgan fingerprint density at radius 1 is 1.14 bits per heavy atom. The molecule has 1 aromatic heterocycles. The van der Waals surface area contributed by atoms with Crippen molar-refractivity contribution in [2.24, 2.45) is 5.10 Å². The highest BCUT2D eigenvalue weighted by Gasteiger charge is 2.15.